The van der Waals surface area contributed by atoms with Crippen molar-refractivity contribution in [3.05, 3.63) is 17.4 Å². The van der Waals surface area contributed by atoms with Crippen LogP contribution in [-0.2, 0) is 4.79 Å². The lowest BCUT2D eigenvalue weighted by atomic mass is 9.86. The first-order valence-electron chi connectivity index (χ1n) is 5.70. The first kappa shape index (κ1) is 12.3. The van der Waals surface area contributed by atoms with Gasteiger partial charge in [-0.25, -0.2) is 9.97 Å². The third kappa shape index (κ3) is 3.38. The van der Waals surface area contributed by atoms with E-state index >= 15 is 0 Å². The second-order valence-electron chi connectivity index (χ2n) is 4.30. The Morgan fingerprint density at radius 2 is 2.12 bits per heavy atom. The van der Waals surface area contributed by atoms with Crippen LogP contribution < -0.4 is 11.1 Å². The van der Waals surface area contributed by atoms with Crippen LogP contribution in [0.1, 0.15) is 25.7 Å². The maximum Gasteiger partial charge on any atom is 0.230 e. The Morgan fingerprint density at radius 1 is 1.41 bits per heavy atom. The minimum absolute atomic E-state index is 0.0115. The smallest absolute Gasteiger partial charge is 0.230 e. The Labute approximate surface area is 105 Å². The summed E-state index contributed by atoms with van der Waals surface area (Å²) in [6.45, 7) is 0. The summed E-state index contributed by atoms with van der Waals surface area (Å²) in [4.78, 5) is 19.8. The van der Waals surface area contributed by atoms with Crippen molar-refractivity contribution in [3.63, 3.8) is 0 Å². The van der Waals surface area contributed by atoms with Crippen LogP contribution in [0.4, 0.5) is 5.95 Å². The third-order valence-corrected chi connectivity index (χ3v) is 3.21. The zero-order valence-corrected chi connectivity index (χ0v) is 10.2. The third-order valence-electron chi connectivity index (χ3n) is 3.00. The SMILES string of the molecule is NC1CCC(C(=O)Nc2nccc(Cl)n2)CC1. The van der Waals surface area contributed by atoms with Gasteiger partial charge in [-0.15, -0.1) is 0 Å². The summed E-state index contributed by atoms with van der Waals surface area (Å²) in [5.41, 5.74) is 5.80. The molecule has 1 aliphatic carbocycles. The Hall–Kier alpha value is -1.20. The summed E-state index contributed by atoms with van der Waals surface area (Å²) in [6, 6.07) is 1.80. The molecule has 1 aliphatic rings. The zero-order chi connectivity index (χ0) is 12.3. The molecule has 1 saturated carbocycles. The van der Waals surface area contributed by atoms with Gasteiger partial charge in [-0.1, -0.05) is 11.6 Å². The van der Waals surface area contributed by atoms with Gasteiger partial charge in [0.05, 0.1) is 0 Å². The quantitative estimate of drug-likeness (QED) is 0.786. The number of nitrogens with zero attached hydrogens (tertiary/aromatic N) is 2. The fourth-order valence-electron chi connectivity index (χ4n) is 1.99. The van der Waals surface area contributed by atoms with Crippen molar-refractivity contribution in [2.75, 3.05) is 5.32 Å². The van der Waals surface area contributed by atoms with Crippen LogP contribution in [0.15, 0.2) is 12.3 Å². The van der Waals surface area contributed by atoms with Crippen LogP contribution >= 0.6 is 11.6 Å². The van der Waals surface area contributed by atoms with Gasteiger partial charge in [0, 0.05) is 18.2 Å². The van der Waals surface area contributed by atoms with Crippen LogP contribution in [0.25, 0.3) is 0 Å². The van der Waals surface area contributed by atoms with Crippen LogP contribution in [0.2, 0.25) is 5.15 Å². The minimum atomic E-state index is -0.0424. The van der Waals surface area contributed by atoms with Crippen molar-refractivity contribution in [2.24, 2.45) is 11.7 Å². The first-order chi connectivity index (χ1) is 8.15. The van der Waals surface area contributed by atoms with Gasteiger partial charge in [-0.2, -0.15) is 0 Å². The second-order valence-corrected chi connectivity index (χ2v) is 4.69. The predicted octanol–water partition coefficient (Wildman–Crippen LogP) is 1.59. The molecule has 1 heterocycles. The molecule has 0 radical (unpaired) electrons. The highest BCUT2D eigenvalue weighted by Gasteiger charge is 2.24. The van der Waals surface area contributed by atoms with Gasteiger partial charge < -0.3 is 5.73 Å². The number of amides is 1. The molecule has 0 saturated heterocycles. The van der Waals surface area contributed by atoms with E-state index < -0.39 is 0 Å². The highest BCUT2D eigenvalue weighted by molar-refractivity contribution is 6.29. The van der Waals surface area contributed by atoms with E-state index in [0.29, 0.717) is 5.15 Å². The fraction of sp³-hybridized carbons (Fsp3) is 0.545. The van der Waals surface area contributed by atoms with E-state index in [1.807, 2.05) is 0 Å². The van der Waals surface area contributed by atoms with E-state index in [-0.39, 0.29) is 23.8 Å². The molecule has 3 N–H and O–H groups in total. The van der Waals surface area contributed by atoms with Gasteiger partial charge in [0.15, 0.2) is 0 Å². The highest BCUT2D eigenvalue weighted by Crippen LogP contribution is 2.24. The van der Waals surface area contributed by atoms with Crippen LogP contribution in [0.5, 0.6) is 0 Å². The lowest BCUT2D eigenvalue weighted by Gasteiger charge is -2.24. The first-order valence-corrected chi connectivity index (χ1v) is 6.08. The fourth-order valence-corrected chi connectivity index (χ4v) is 2.13. The summed E-state index contributed by atoms with van der Waals surface area (Å²) in [5.74, 6) is 0.230. The normalized spacial score (nSPS) is 24.4. The molecule has 0 bridgehead atoms. The average Bonchev–Trinajstić information content (AvgIpc) is 2.29. The lowest BCUT2D eigenvalue weighted by Crippen LogP contribution is -2.32. The monoisotopic (exact) mass is 254 g/mol. The van der Waals surface area contributed by atoms with Crippen LogP contribution in [0, 0.1) is 5.92 Å². The Balaban J connectivity index is 1.93. The van der Waals surface area contributed by atoms with E-state index in [9.17, 15) is 4.79 Å². The Bertz CT molecular complexity index is 404. The number of carbonyl (C=O) groups is 1. The molecule has 5 nitrogen and oxygen atoms in total. The maximum absolute atomic E-state index is 11.9. The molecule has 2 rings (SSSR count). The van der Waals surface area contributed by atoms with Gasteiger partial charge in [-0.3, -0.25) is 10.1 Å². The zero-order valence-electron chi connectivity index (χ0n) is 9.40. The molecular weight excluding hydrogens is 240 g/mol. The molecule has 6 heteroatoms. The van der Waals surface area contributed by atoms with Gasteiger partial charge in [0.2, 0.25) is 11.9 Å². The molecule has 0 aromatic carbocycles. The molecule has 0 spiro atoms. The summed E-state index contributed by atoms with van der Waals surface area (Å²) in [5, 5.41) is 3.00. The molecular formula is C11H15ClN4O. The van der Waals surface area contributed by atoms with Crippen LogP contribution in [-0.4, -0.2) is 21.9 Å². The average molecular weight is 255 g/mol. The van der Waals surface area contributed by atoms with E-state index in [4.69, 9.17) is 17.3 Å². The molecule has 1 amide bonds. The Kier molecular flexibility index (Phi) is 3.91. The van der Waals surface area contributed by atoms with Crippen molar-refractivity contribution >= 4 is 23.5 Å². The number of rotatable bonds is 2. The number of aromatic nitrogens is 2. The van der Waals surface area contributed by atoms with Gasteiger partial charge in [0.25, 0.3) is 0 Å². The number of anilines is 1. The number of hydrogen-bond acceptors (Lipinski definition) is 4. The predicted molar refractivity (Wildman–Crippen MR) is 65.6 cm³/mol. The summed E-state index contributed by atoms with van der Waals surface area (Å²) in [7, 11) is 0. The second kappa shape index (κ2) is 5.42. The number of carbonyl (C=O) groups excluding carboxylic acids is 1. The largest absolute Gasteiger partial charge is 0.328 e. The van der Waals surface area contributed by atoms with E-state index in [0.717, 1.165) is 25.7 Å². The number of nitrogens with one attached hydrogen (secondary N) is 1. The van der Waals surface area contributed by atoms with Gasteiger partial charge in [0.1, 0.15) is 5.15 Å². The van der Waals surface area contributed by atoms with Crippen molar-refractivity contribution in [1.29, 1.82) is 0 Å². The van der Waals surface area contributed by atoms with E-state index in [1.54, 1.807) is 6.07 Å². The number of halogens is 1. The molecule has 0 aliphatic heterocycles. The molecule has 1 aromatic rings. The molecule has 92 valence electrons. The van der Waals surface area contributed by atoms with E-state index in [2.05, 4.69) is 15.3 Å². The van der Waals surface area contributed by atoms with Crippen LogP contribution in [0.3, 0.4) is 0 Å². The summed E-state index contributed by atoms with van der Waals surface area (Å²) in [6.07, 6.45) is 4.96. The van der Waals surface area contributed by atoms with E-state index in [1.165, 1.54) is 6.20 Å². The maximum atomic E-state index is 11.9. The lowest BCUT2D eigenvalue weighted by molar-refractivity contribution is -0.120. The highest BCUT2D eigenvalue weighted by atomic mass is 35.5. The molecule has 0 unspecified atom stereocenters. The summed E-state index contributed by atoms with van der Waals surface area (Å²) < 4.78 is 0. The molecule has 1 fully saturated rings. The van der Waals surface area contributed by atoms with Crippen molar-refractivity contribution < 1.29 is 4.79 Å². The standard InChI is InChI=1S/C11H15ClN4O/c12-9-5-6-14-11(15-9)16-10(17)7-1-3-8(13)4-2-7/h5-8H,1-4,13H2,(H,14,15,16,17). The van der Waals surface area contributed by atoms with Gasteiger partial charge in [-0.05, 0) is 31.7 Å². The topological polar surface area (TPSA) is 80.9 Å². The van der Waals surface area contributed by atoms with Crippen molar-refractivity contribution in [3.8, 4) is 0 Å². The van der Waals surface area contributed by atoms with Gasteiger partial charge >= 0.3 is 0 Å². The number of nitrogens with two attached hydrogens (primary N) is 1. The molecule has 0 atom stereocenters. The Morgan fingerprint density at radius 3 is 2.76 bits per heavy atom. The minimum Gasteiger partial charge on any atom is -0.328 e. The molecule has 17 heavy (non-hydrogen) atoms. The molecule has 1 aromatic heterocycles. The van der Waals surface area contributed by atoms with Crippen molar-refractivity contribution in [1.82, 2.24) is 9.97 Å². The number of hydrogen-bond donors (Lipinski definition) is 2. The van der Waals surface area contributed by atoms with Crippen molar-refractivity contribution in [2.45, 2.75) is 31.7 Å². The summed E-state index contributed by atoms with van der Waals surface area (Å²) >= 11 is 5.71.